The van der Waals surface area contributed by atoms with Crippen molar-refractivity contribution in [3.63, 3.8) is 0 Å². The molecule has 11 nitrogen and oxygen atoms in total. The minimum atomic E-state index is -4.76. The quantitative estimate of drug-likeness (QED) is 0.368. The van der Waals surface area contributed by atoms with Crippen molar-refractivity contribution in [1.29, 1.82) is 0 Å². The van der Waals surface area contributed by atoms with Gasteiger partial charge in [0.05, 0.1) is 6.61 Å². The molecule has 5 N–H and O–H groups in total. The second kappa shape index (κ2) is 5.81. The van der Waals surface area contributed by atoms with Crippen molar-refractivity contribution < 1.29 is 33.8 Å². The van der Waals surface area contributed by atoms with Gasteiger partial charge in [-0.05, 0) is 0 Å². The third-order valence-electron chi connectivity index (χ3n) is 2.87. The number of nitrogens with one attached hydrogen (secondary N) is 1. The van der Waals surface area contributed by atoms with Gasteiger partial charge in [-0.3, -0.25) is 18.9 Å². The van der Waals surface area contributed by atoms with Crippen LogP contribution in [-0.2, 0) is 13.8 Å². The third-order valence-corrected chi connectivity index (χ3v) is 3.35. The number of aliphatic hydroxyl groups is 2. The molecule has 1 aromatic heterocycles. The van der Waals surface area contributed by atoms with E-state index >= 15 is 0 Å². The molecule has 0 spiro atoms. The first-order valence-electron chi connectivity index (χ1n) is 5.72. The second-order valence-electron chi connectivity index (χ2n) is 4.35. The lowest BCUT2D eigenvalue weighted by Gasteiger charge is -2.16. The maximum atomic E-state index is 11.6. The number of hydrogen-bond acceptors (Lipinski definition) is 7. The Bertz CT molecular complexity index is 664. The van der Waals surface area contributed by atoms with Gasteiger partial charge in [0.2, 0.25) is 0 Å². The Labute approximate surface area is 116 Å². The zero-order valence-electron chi connectivity index (χ0n) is 10.4. The maximum absolute atomic E-state index is 11.6. The third kappa shape index (κ3) is 3.66. The molecule has 0 saturated carbocycles. The van der Waals surface area contributed by atoms with E-state index < -0.39 is 50.2 Å². The van der Waals surface area contributed by atoms with Gasteiger partial charge < -0.3 is 24.7 Å². The van der Waals surface area contributed by atoms with Crippen molar-refractivity contribution >= 4 is 7.82 Å². The fourth-order valence-electron chi connectivity index (χ4n) is 1.89. The number of nitrogens with zero attached hydrogens (tertiary/aromatic N) is 1. The van der Waals surface area contributed by atoms with E-state index in [2.05, 4.69) is 4.52 Å². The van der Waals surface area contributed by atoms with Gasteiger partial charge in [-0.25, -0.2) is 9.36 Å². The molecule has 118 valence electrons. The van der Waals surface area contributed by atoms with Crippen LogP contribution < -0.4 is 11.2 Å². The Morgan fingerprint density at radius 1 is 1.33 bits per heavy atom. The summed E-state index contributed by atoms with van der Waals surface area (Å²) < 4.78 is 20.8. The van der Waals surface area contributed by atoms with Crippen molar-refractivity contribution in [1.82, 2.24) is 9.55 Å². The minimum Gasteiger partial charge on any atom is -0.387 e. The Morgan fingerprint density at radius 2 is 2.00 bits per heavy atom. The van der Waals surface area contributed by atoms with E-state index in [4.69, 9.17) is 14.5 Å². The van der Waals surface area contributed by atoms with E-state index in [0.29, 0.717) is 0 Å². The first-order chi connectivity index (χ1) is 9.69. The summed E-state index contributed by atoms with van der Waals surface area (Å²) in [7, 11) is -4.76. The van der Waals surface area contributed by atoms with Crippen molar-refractivity contribution in [3.8, 4) is 0 Å². The summed E-state index contributed by atoms with van der Waals surface area (Å²) in [5.41, 5.74) is -1.51. The number of aromatic nitrogens is 2. The first kappa shape index (κ1) is 16.0. The molecule has 1 saturated heterocycles. The standard InChI is InChI=1S/C9H13N2O9P/c12-5-1-2-11(9(15)10-5)8-7(14)6(13)4(20-8)3-19-21(16,17)18/h1-2,4,6-8,13-14H,3H2,(H,10,12,15)(H2,16,17,18)/t4-,6+,7+,8+/m1/s1. The smallest absolute Gasteiger partial charge is 0.387 e. The van der Waals surface area contributed by atoms with Crippen LogP contribution in [0.2, 0.25) is 0 Å². The van der Waals surface area contributed by atoms with Crippen molar-refractivity contribution in [3.05, 3.63) is 33.1 Å². The fraction of sp³-hybridized carbons (Fsp3) is 0.556. The van der Waals surface area contributed by atoms with Crippen molar-refractivity contribution in [2.45, 2.75) is 24.5 Å². The number of H-pyrrole nitrogens is 1. The molecule has 1 aliphatic heterocycles. The van der Waals surface area contributed by atoms with Gasteiger partial charge >= 0.3 is 13.5 Å². The predicted molar refractivity (Wildman–Crippen MR) is 65.2 cm³/mol. The number of hydrogen-bond donors (Lipinski definition) is 5. The van der Waals surface area contributed by atoms with E-state index in [1.165, 1.54) is 0 Å². The van der Waals surface area contributed by atoms with Gasteiger partial charge in [0, 0.05) is 12.3 Å². The molecule has 0 bridgehead atoms. The summed E-state index contributed by atoms with van der Waals surface area (Å²) in [5.74, 6) is 0. The summed E-state index contributed by atoms with van der Waals surface area (Å²) in [6.07, 6.45) is -4.58. The van der Waals surface area contributed by atoms with Gasteiger partial charge in [0.15, 0.2) is 6.23 Å². The molecule has 1 fully saturated rings. The number of ether oxygens (including phenoxy) is 1. The van der Waals surface area contributed by atoms with E-state index in [1.54, 1.807) is 0 Å². The summed E-state index contributed by atoms with van der Waals surface area (Å²) >= 11 is 0. The lowest BCUT2D eigenvalue weighted by molar-refractivity contribution is -0.0543. The van der Waals surface area contributed by atoms with Gasteiger partial charge in [0.25, 0.3) is 5.56 Å². The van der Waals surface area contributed by atoms with Crippen LogP contribution in [-0.4, -0.2) is 54.5 Å². The number of aromatic amines is 1. The molecular weight excluding hydrogens is 311 g/mol. The molecule has 0 aliphatic carbocycles. The molecule has 0 unspecified atom stereocenters. The maximum Gasteiger partial charge on any atom is 0.469 e. The topological polar surface area (TPSA) is 171 Å². The average molecular weight is 324 g/mol. The van der Waals surface area contributed by atoms with Crippen LogP contribution in [0.15, 0.2) is 21.9 Å². The summed E-state index contributed by atoms with van der Waals surface area (Å²) in [6.45, 7) is -0.683. The van der Waals surface area contributed by atoms with Crippen LogP contribution in [0.5, 0.6) is 0 Å². The van der Waals surface area contributed by atoms with Gasteiger partial charge in [-0.2, -0.15) is 0 Å². The van der Waals surface area contributed by atoms with Crippen LogP contribution in [0.25, 0.3) is 0 Å². The average Bonchev–Trinajstić information content (AvgIpc) is 2.64. The van der Waals surface area contributed by atoms with E-state index in [9.17, 15) is 24.4 Å². The largest absolute Gasteiger partial charge is 0.469 e. The predicted octanol–water partition coefficient (Wildman–Crippen LogP) is -2.73. The highest BCUT2D eigenvalue weighted by Crippen LogP contribution is 2.38. The minimum absolute atomic E-state index is 0.648. The Hall–Kier alpha value is -1.33. The highest BCUT2D eigenvalue weighted by atomic mass is 31.2. The molecular formula is C9H13N2O9P. The summed E-state index contributed by atoms with van der Waals surface area (Å²) in [5, 5.41) is 19.6. The van der Waals surface area contributed by atoms with Crippen molar-refractivity contribution in [2.24, 2.45) is 0 Å². The highest BCUT2D eigenvalue weighted by molar-refractivity contribution is 7.46. The molecule has 1 aromatic rings. The molecule has 2 heterocycles. The van der Waals surface area contributed by atoms with Gasteiger partial charge in [-0.1, -0.05) is 0 Å². The number of rotatable bonds is 4. The molecule has 2 rings (SSSR count). The monoisotopic (exact) mass is 324 g/mol. The Balaban J connectivity index is 2.18. The molecule has 21 heavy (non-hydrogen) atoms. The SMILES string of the molecule is O=c1ccn([C@H]2O[C@H](COP(=O)(O)O)[C@H](O)[C@@H]2O)c(=O)[nH]1. The normalized spacial score (nSPS) is 29.7. The molecule has 0 aromatic carbocycles. The number of phosphoric ester groups is 1. The molecule has 12 heteroatoms. The van der Waals surface area contributed by atoms with Crippen LogP contribution >= 0.6 is 7.82 Å². The first-order valence-corrected chi connectivity index (χ1v) is 7.25. The van der Waals surface area contributed by atoms with Crippen LogP contribution in [0.4, 0.5) is 0 Å². The van der Waals surface area contributed by atoms with Gasteiger partial charge in [-0.15, -0.1) is 0 Å². The van der Waals surface area contributed by atoms with Crippen LogP contribution in [0.3, 0.4) is 0 Å². The van der Waals surface area contributed by atoms with Gasteiger partial charge in [0.1, 0.15) is 18.3 Å². The summed E-state index contributed by atoms with van der Waals surface area (Å²) in [6, 6.07) is 1.02. The second-order valence-corrected chi connectivity index (χ2v) is 5.59. The van der Waals surface area contributed by atoms with E-state index in [0.717, 1.165) is 16.8 Å². The lowest BCUT2D eigenvalue weighted by atomic mass is 10.1. The van der Waals surface area contributed by atoms with Crippen molar-refractivity contribution in [2.75, 3.05) is 6.61 Å². The molecule has 0 radical (unpaired) electrons. The molecule has 1 aliphatic rings. The molecule has 4 atom stereocenters. The molecule has 0 amide bonds. The Morgan fingerprint density at radius 3 is 2.57 bits per heavy atom. The zero-order chi connectivity index (χ0) is 15.8. The van der Waals surface area contributed by atoms with Crippen LogP contribution in [0.1, 0.15) is 6.23 Å². The van der Waals surface area contributed by atoms with E-state index in [-0.39, 0.29) is 0 Å². The fourth-order valence-corrected chi connectivity index (χ4v) is 2.24. The Kier molecular flexibility index (Phi) is 4.44. The summed E-state index contributed by atoms with van der Waals surface area (Å²) in [4.78, 5) is 41.6. The number of aliphatic hydroxyl groups excluding tert-OH is 2. The lowest BCUT2D eigenvalue weighted by Crippen LogP contribution is -2.37. The highest BCUT2D eigenvalue weighted by Gasteiger charge is 2.44. The number of phosphoric acid groups is 1. The van der Waals surface area contributed by atoms with E-state index in [1.807, 2.05) is 4.98 Å². The zero-order valence-corrected chi connectivity index (χ0v) is 11.3. The van der Waals surface area contributed by atoms with Crippen LogP contribution in [0, 0.1) is 0 Å².